The molecule has 0 unspecified atom stereocenters. The molecule has 0 aromatic carbocycles. The fourth-order valence-electron chi connectivity index (χ4n) is 0.955. The van der Waals surface area contributed by atoms with Crippen LogP contribution in [0.4, 0.5) is 0 Å². The molecule has 0 N–H and O–H groups in total. The molecule has 0 aliphatic rings. The van der Waals surface area contributed by atoms with Crippen molar-refractivity contribution >= 4 is 0 Å². The van der Waals surface area contributed by atoms with Gasteiger partial charge in [0.2, 0.25) is 0 Å². The van der Waals surface area contributed by atoms with Crippen LogP contribution in [-0.2, 0) is 0 Å². The van der Waals surface area contributed by atoms with E-state index in [1.54, 1.807) is 6.26 Å². The summed E-state index contributed by atoms with van der Waals surface area (Å²) in [5.41, 5.74) is 1.68. The minimum Gasteiger partial charge on any atom is -0.463 e. The molecule has 0 saturated carbocycles. The lowest BCUT2D eigenvalue weighted by molar-refractivity contribution is 0.578. The molecular weight excluding hydrogens is 152 g/mol. The van der Waals surface area contributed by atoms with Crippen LogP contribution >= 0.6 is 0 Å². The van der Waals surface area contributed by atoms with Crippen LogP contribution in [0.15, 0.2) is 34.9 Å². The SMILES string of the molecule is Cc1ccc(-c2ccco2)nn1. The monoisotopic (exact) mass is 160 g/mol. The number of furan rings is 1. The largest absolute Gasteiger partial charge is 0.463 e. The molecule has 0 aliphatic carbocycles. The van der Waals surface area contributed by atoms with Crippen LogP contribution < -0.4 is 0 Å². The summed E-state index contributed by atoms with van der Waals surface area (Å²) >= 11 is 0. The lowest BCUT2D eigenvalue weighted by Gasteiger charge is -1.93. The van der Waals surface area contributed by atoms with Crippen molar-refractivity contribution in [2.75, 3.05) is 0 Å². The molecule has 0 bridgehead atoms. The van der Waals surface area contributed by atoms with Gasteiger partial charge in [0.15, 0.2) is 5.76 Å². The minimum absolute atomic E-state index is 0.752. The van der Waals surface area contributed by atoms with E-state index >= 15 is 0 Å². The van der Waals surface area contributed by atoms with Gasteiger partial charge in [-0.1, -0.05) is 0 Å². The molecule has 0 atom stereocenters. The molecule has 0 fully saturated rings. The smallest absolute Gasteiger partial charge is 0.154 e. The van der Waals surface area contributed by atoms with E-state index in [-0.39, 0.29) is 0 Å². The Morgan fingerprint density at radius 1 is 1.17 bits per heavy atom. The molecule has 0 saturated heterocycles. The average Bonchev–Trinajstić information content (AvgIpc) is 2.58. The Morgan fingerprint density at radius 2 is 2.08 bits per heavy atom. The van der Waals surface area contributed by atoms with Crippen molar-refractivity contribution < 1.29 is 4.42 Å². The first-order chi connectivity index (χ1) is 5.86. The third-order valence-corrected chi connectivity index (χ3v) is 1.57. The molecule has 0 amide bonds. The highest BCUT2D eigenvalue weighted by atomic mass is 16.3. The van der Waals surface area contributed by atoms with Crippen LogP contribution in [-0.4, -0.2) is 10.2 Å². The number of hydrogen-bond donors (Lipinski definition) is 0. The highest BCUT2D eigenvalue weighted by Gasteiger charge is 2.00. The Hall–Kier alpha value is -1.64. The molecule has 60 valence electrons. The second kappa shape index (κ2) is 2.77. The molecule has 0 radical (unpaired) electrons. The summed E-state index contributed by atoms with van der Waals surface area (Å²) in [6, 6.07) is 7.49. The second-order valence-corrected chi connectivity index (χ2v) is 2.54. The van der Waals surface area contributed by atoms with E-state index in [1.165, 1.54) is 0 Å². The second-order valence-electron chi connectivity index (χ2n) is 2.54. The quantitative estimate of drug-likeness (QED) is 0.640. The summed E-state index contributed by atoms with van der Waals surface area (Å²) in [7, 11) is 0. The first kappa shape index (κ1) is 7.03. The minimum atomic E-state index is 0.752. The van der Waals surface area contributed by atoms with E-state index < -0.39 is 0 Å². The maximum Gasteiger partial charge on any atom is 0.154 e. The average molecular weight is 160 g/mol. The lowest BCUT2D eigenvalue weighted by Crippen LogP contribution is -1.87. The maximum absolute atomic E-state index is 5.16. The van der Waals surface area contributed by atoms with E-state index in [4.69, 9.17) is 4.42 Å². The van der Waals surface area contributed by atoms with Gasteiger partial charge in [0.25, 0.3) is 0 Å². The van der Waals surface area contributed by atoms with Crippen LogP contribution in [0.1, 0.15) is 5.69 Å². The normalized spacial score (nSPS) is 10.1. The molecular formula is C9H8N2O. The van der Waals surface area contributed by atoms with Crippen molar-refractivity contribution in [1.29, 1.82) is 0 Å². The van der Waals surface area contributed by atoms with Gasteiger partial charge in [-0.15, -0.1) is 5.10 Å². The predicted octanol–water partition coefficient (Wildman–Crippen LogP) is 2.05. The maximum atomic E-state index is 5.16. The molecule has 2 rings (SSSR count). The van der Waals surface area contributed by atoms with Gasteiger partial charge in [0.05, 0.1) is 12.0 Å². The number of hydrogen-bond acceptors (Lipinski definition) is 3. The van der Waals surface area contributed by atoms with E-state index in [0.29, 0.717) is 0 Å². The van der Waals surface area contributed by atoms with E-state index in [9.17, 15) is 0 Å². The Morgan fingerprint density at radius 3 is 2.67 bits per heavy atom. The molecule has 2 aromatic rings. The number of rotatable bonds is 1. The Kier molecular flexibility index (Phi) is 1.63. The van der Waals surface area contributed by atoms with Crippen molar-refractivity contribution in [3.8, 4) is 11.5 Å². The van der Waals surface area contributed by atoms with E-state index in [2.05, 4.69) is 10.2 Å². The van der Waals surface area contributed by atoms with Crippen LogP contribution in [0.25, 0.3) is 11.5 Å². The van der Waals surface area contributed by atoms with Gasteiger partial charge >= 0.3 is 0 Å². The van der Waals surface area contributed by atoms with Crippen LogP contribution in [0, 0.1) is 6.92 Å². The van der Waals surface area contributed by atoms with Gasteiger partial charge in [-0.3, -0.25) is 0 Å². The Bertz CT molecular complexity index is 351. The van der Waals surface area contributed by atoms with Gasteiger partial charge in [-0.25, -0.2) is 0 Å². The van der Waals surface area contributed by atoms with Crippen molar-refractivity contribution in [1.82, 2.24) is 10.2 Å². The standard InChI is InChI=1S/C9H8N2O/c1-7-4-5-8(11-10-7)9-3-2-6-12-9/h2-6H,1H3. The van der Waals surface area contributed by atoms with Crippen molar-refractivity contribution in [2.45, 2.75) is 6.92 Å². The number of aromatic nitrogens is 2. The molecule has 12 heavy (non-hydrogen) atoms. The zero-order chi connectivity index (χ0) is 8.39. The molecule has 2 heterocycles. The summed E-state index contributed by atoms with van der Waals surface area (Å²) in [6.45, 7) is 1.90. The van der Waals surface area contributed by atoms with Crippen LogP contribution in [0.5, 0.6) is 0 Å². The first-order valence-corrected chi connectivity index (χ1v) is 3.70. The summed E-state index contributed by atoms with van der Waals surface area (Å²) < 4.78 is 5.16. The van der Waals surface area contributed by atoms with Crippen LogP contribution in [0.2, 0.25) is 0 Å². The Labute approximate surface area is 70.1 Å². The van der Waals surface area contributed by atoms with Crippen molar-refractivity contribution in [2.24, 2.45) is 0 Å². The van der Waals surface area contributed by atoms with Crippen molar-refractivity contribution in [3.63, 3.8) is 0 Å². The van der Waals surface area contributed by atoms with Gasteiger partial charge in [0.1, 0.15) is 5.69 Å². The number of aryl methyl sites for hydroxylation is 1. The topological polar surface area (TPSA) is 38.9 Å². The fraction of sp³-hybridized carbons (Fsp3) is 0.111. The summed E-state index contributed by atoms with van der Waals surface area (Å²) in [5.74, 6) is 0.752. The van der Waals surface area contributed by atoms with Crippen molar-refractivity contribution in [3.05, 3.63) is 36.2 Å². The van der Waals surface area contributed by atoms with Gasteiger partial charge in [-0.2, -0.15) is 5.10 Å². The molecule has 3 nitrogen and oxygen atoms in total. The van der Waals surface area contributed by atoms with Gasteiger partial charge < -0.3 is 4.42 Å². The predicted molar refractivity (Wildman–Crippen MR) is 44.5 cm³/mol. The van der Waals surface area contributed by atoms with Gasteiger partial charge in [0, 0.05) is 0 Å². The molecule has 2 aromatic heterocycles. The van der Waals surface area contributed by atoms with E-state index in [1.807, 2.05) is 31.2 Å². The first-order valence-electron chi connectivity index (χ1n) is 3.70. The lowest BCUT2D eigenvalue weighted by atomic mass is 10.3. The summed E-state index contributed by atoms with van der Waals surface area (Å²) in [5, 5.41) is 7.90. The summed E-state index contributed by atoms with van der Waals surface area (Å²) in [4.78, 5) is 0. The van der Waals surface area contributed by atoms with Gasteiger partial charge in [-0.05, 0) is 31.2 Å². The van der Waals surface area contributed by atoms with Crippen LogP contribution in [0.3, 0.4) is 0 Å². The third kappa shape index (κ3) is 1.21. The molecule has 0 aliphatic heterocycles. The zero-order valence-electron chi connectivity index (χ0n) is 6.69. The third-order valence-electron chi connectivity index (χ3n) is 1.57. The number of nitrogens with zero attached hydrogens (tertiary/aromatic N) is 2. The highest BCUT2D eigenvalue weighted by molar-refractivity contribution is 5.50. The zero-order valence-corrected chi connectivity index (χ0v) is 6.69. The fourth-order valence-corrected chi connectivity index (χ4v) is 0.955. The molecule has 3 heteroatoms. The highest BCUT2D eigenvalue weighted by Crippen LogP contribution is 2.15. The Balaban J connectivity index is 2.43. The van der Waals surface area contributed by atoms with E-state index in [0.717, 1.165) is 17.1 Å². The molecule has 0 spiro atoms. The summed E-state index contributed by atoms with van der Waals surface area (Å²) in [6.07, 6.45) is 1.62.